The third-order valence-electron chi connectivity index (χ3n) is 5.01. The molecule has 0 heterocycles. The average molecular weight is 381 g/mol. The van der Waals surface area contributed by atoms with E-state index in [1.165, 1.54) is 16.7 Å². The van der Waals surface area contributed by atoms with Gasteiger partial charge in [0.25, 0.3) is 5.91 Å². The smallest absolute Gasteiger partial charge is 0.344 e. The van der Waals surface area contributed by atoms with Gasteiger partial charge < -0.3 is 14.8 Å². The Hall–Kier alpha value is -2.82. The number of fused-ring (bicyclic) bond motifs is 1. The molecule has 0 bridgehead atoms. The molecule has 5 nitrogen and oxygen atoms in total. The maximum Gasteiger partial charge on any atom is 0.344 e. The van der Waals surface area contributed by atoms with Crippen molar-refractivity contribution in [1.82, 2.24) is 5.32 Å². The molecule has 0 unspecified atom stereocenters. The second kappa shape index (κ2) is 9.40. The maximum atomic E-state index is 12.1. The second-order valence-electron chi connectivity index (χ2n) is 7.17. The summed E-state index contributed by atoms with van der Waals surface area (Å²) in [5, 5.41) is 2.90. The van der Waals surface area contributed by atoms with Gasteiger partial charge in [-0.15, -0.1) is 0 Å². The zero-order valence-electron chi connectivity index (χ0n) is 16.5. The quantitative estimate of drug-likeness (QED) is 0.709. The lowest BCUT2D eigenvalue weighted by molar-refractivity contribution is -0.150. The van der Waals surface area contributed by atoms with Crippen LogP contribution in [0.25, 0.3) is 0 Å². The predicted molar refractivity (Wildman–Crippen MR) is 107 cm³/mol. The molecule has 0 fully saturated rings. The highest BCUT2D eigenvalue weighted by molar-refractivity contribution is 5.81. The van der Waals surface area contributed by atoms with Crippen LogP contribution in [0.2, 0.25) is 0 Å². The zero-order valence-corrected chi connectivity index (χ0v) is 16.5. The van der Waals surface area contributed by atoms with E-state index < -0.39 is 5.97 Å². The Labute approximate surface area is 166 Å². The summed E-state index contributed by atoms with van der Waals surface area (Å²) in [6, 6.07) is 13.8. The molecule has 2 aromatic carbocycles. The topological polar surface area (TPSA) is 64.6 Å². The minimum absolute atomic E-state index is 0.102. The molecule has 0 aliphatic heterocycles. The lowest BCUT2D eigenvalue weighted by atomic mass is 10.0. The van der Waals surface area contributed by atoms with E-state index in [1.807, 2.05) is 56.3 Å². The van der Waals surface area contributed by atoms with Crippen LogP contribution in [-0.2, 0) is 27.2 Å². The van der Waals surface area contributed by atoms with Crippen molar-refractivity contribution in [3.63, 3.8) is 0 Å². The first-order valence-electron chi connectivity index (χ1n) is 9.81. The van der Waals surface area contributed by atoms with Crippen molar-refractivity contribution >= 4 is 11.9 Å². The molecular weight excluding hydrogens is 354 g/mol. The molecule has 0 spiro atoms. The summed E-state index contributed by atoms with van der Waals surface area (Å²) >= 11 is 0. The van der Waals surface area contributed by atoms with Gasteiger partial charge in [-0.3, -0.25) is 4.79 Å². The molecule has 0 saturated carbocycles. The Morgan fingerprint density at radius 2 is 1.79 bits per heavy atom. The van der Waals surface area contributed by atoms with Gasteiger partial charge in [-0.05, 0) is 61.4 Å². The Balaban J connectivity index is 1.42. The summed E-state index contributed by atoms with van der Waals surface area (Å²) in [5.74, 6) is -0.218. The highest BCUT2D eigenvalue weighted by atomic mass is 16.6. The van der Waals surface area contributed by atoms with Gasteiger partial charge in [0.2, 0.25) is 0 Å². The fraction of sp³-hybridized carbons (Fsp3) is 0.391. The number of amides is 1. The minimum atomic E-state index is -0.556. The van der Waals surface area contributed by atoms with Crippen molar-refractivity contribution in [2.45, 2.75) is 45.6 Å². The molecule has 0 radical (unpaired) electrons. The van der Waals surface area contributed by atoms with Crippen molar-refractivity contribution in [1.29, 1.82) is 0 Å². The largest absolute Gasteiger partial charge is 0.482 e. The molecule has 1 aliphatic carbocycles. The Bertz CT molecular complexity index is 829. The van der Waals surface area contributed by atoms with Gasteiger partial charge in [0.1, 0.15) is 5.75 Å². The molecule has 2 aromatic rings. The highest BCUT2D eigenvalue weighted by Crippen LogP contribution is 2.26. The Morgan fingerprint density at radius 3 is 2.54 bits per heavy atom. The molecule has 1 amide bonds. The van der Waals surface area contributed by atoms with E-state index in [1.54, 1.807) is 0 Å². The maximum absolute atomic E-state index is 12.1. The summed E-state index contributed by atoms with van der Waals surface area (Å²) < 4.78 is 10.5. The molecule has 28 heavy (non-hydrogen) atoms. The molecule has 3 rings (SSSR count). The second-order valence-corrected chi connectivity index (χ2v) is 7.17. The monoisotopic (exact) mass is 381 g/mol. The molecule has 1 aliphatic rings. The first kappa shape index (κ1) is 19.9. The number of rotatable bonds is 8. The van der Waals surface area contributed by atoms with E-state index in [-0.39, 0.29) is 25.2 Å². The predicted octanol–water partition coefficient (Wildman–Crippen LogP) is 3.67. The number of benzene rings is 2. The Kier molecular flexibility index (Phi) is 6.69. The number of esters is 1. The van der Waals surface area contributed by atoms with E-state index in [4.69, 9.17) is 9.47 Å². The van der Waals surface area contributed by atoms with E-state index in [0.29, 0.717) is 5.75 Å². The normalized spacial score (nSPS) is 13.5. The van der Waals surface area contributed by atoms with Gasteiger partial charge >= 0.3 is 5.97 Å². The number of carbonyl (C=O) groups excluding carboxylic acids is 2. The van der Waals surface area contributed by atoms with Crippen LogP contribution in [0, 0.1) is 6.92 Å². The van der Waals surface area contributed by atoms with Crippen LogP contribution in [0.4, 0.5) is 0 Å². The van der Waals surface area contributed by atoms with Gasteiger partial charge in [-0.25, -0.2) is 4.79 Å². The number of nitrogens with one attached hydrogen (secondary N) is 1. The van der Waals surface area contributed by atoms with E-state index in [0.717, 1.165) is 31.2 Å². The fourth-order valence-electron chi connectivity index (χ4n) is 3.42. The van der Waals surface area contributed by atoms with Gasteiger partial charge in [-0.2, -0.15) is 0 Å². The molecular formula is C23H27NO4. The lowest BCUT2D eigenvalue weighted by Gasteiger charge is -2.17. The van der Waals surface area contributed by atoms with Crippen molar-refractivity contribution in [2.75, 3.05) is 13.2 Å². The molecule has 148 valence electrons. The third-order valence-corrected chi connectivity index (χ3v) is 5.01. The van der Waals surface area contributed by atoms with Crippen LogP contribution in [0.3, 0.4) is 0 Å². The number of aryl methyl sites for hydroxylation is 3. The van der Waals surface area contributed by atoms with E-state index in [2.05, 4.69) is 5.32 Å². The fourth-order valence-corrected chi connectivity index (χ4v) is 3.42. The first-order chi connectivity index (χ1) is 13.5. The number of hydrogen-bond acceptors (Lipinski definition) is 4. The van der Waals surface area contributed by atoms with E-state index >= 15 is 0 Å². The SMILES string of the molecule is CC[C@@H](NC(=O)COC(=O)COc1ccc2c(c1)CCC2)c1ccc(C)cc1. The lowest BCUT2D eigenvalue weighted by Crippen LogP contribution is -2.32. The molecule has 1 N–H and O–H groups in total. The first-order valence-corrected chi connectivity index (χ1v) is 9.81. The molecule has 1 atom stereocenters. The molecule has 5 heteroatoms. The van der Waals surface area contributed by atoms with Crippen LogP contribution in [0.1, 0.15) is 48.1 Å². The highest BCUT2D eigenvalue weighted by Gasteiger charge is 2.15. The van der Waals surface area contributed by atoms with Crippen molar-refractivity contribution in [3.8, 4) is 5.75 Å². The third kappa shape index (κ3) is 5.35. The van der Waals surface area contributed by atoms with Crippen LogP contribution in [0.5, 0.6) is 5.75 Å². The zero-order chi connectivity index (χ0) is 19.9. The number of hydrogen-bond donors (Lipinski definition) is 1. The minimum Gasteiger partial charge on any atom is -0.482 e. The van der Waals surface area contributed by atoms with Crippen molar-refractivity contribution in [3.05, 3.63) is 64.7 Å². The van der Waals surface area contributed by atoms with Gasteiger partial charge in [0, 0.05) is 0 Å². The van der Waals surface area contributed by atoms with E-state index in [9.17, 15) is 9.59 Å². The summed E-state index contributed by atoms with van der Waals surface area (Å²) in [4.78, 5) is 24.0. The van der Waals surface area contributed by atoms with Gasteiger partial charge in [0.15, 0.2) is 13.2 Å². The molecule has 0 saturated heterocycles. The van der Waals surface area contributed by atoms with Crippen molar-refractivity contribution in [2.24, 2.45) is 0 Å². The Morgan fingerprint density at radius 1 is 1.04 bits per heavy atom. The van der Waals surface area contributed by atoms with Crippen LogP contribution >= 0.6 is 0 Å². The molecule has 0 aromatic heterocycles. The summed E-state index contributed by atoms with van der Waals surface area (Å²) in [7, 11) is 0. The van der Waals surface area contributed by atoms with Crippen LogP contribution in [-0.4, -0.2) is 25.1 Å². The standard InChI is InChI=1S/C23H27NO4/c1-3-21(18-9-7-16(2)8-10-18)24-22(25)14-28-23(26)15-27-20-12-11-17-5-4-6-19(17)13-20/h7-13,21H,3-6,14-15H2,1-2H3,(H,24,25)/t21-/m1/s1. The van der Waals surface area contributed by atoms with Crippen LogP contribution in [0.15, 0.2) is 42.5 Å². The van der Waals surface area contributed by atoms with Gasteiger partial charge in [0.05, 0.1) is 6.04 Å². The number of ether oxygens (including phenoxy) is 2. The summed E-state index contributed by atoms with van der Waals surface area (Å²) in [6.07, 6.45) is 4.08. The average Bonchev–Trinajstić information content (AvgIpc) is 3.17. The van der Waals surface area contributed by atoms with Crippen molar-refractivity contribution < 1.29 is 19.1 Å². The number of carbonyl (C=O) groups is 2. The summed E-state index contributed by atoms with van der Waals surface area (Å²) in [6.45, 7) is 3.50. The van der Waals surface area contributed by atoms with Crippen LogP contribution < -0.4 is 10.1 Å². The van der Waals surface area contributed by atoms with Gasteiger partial charge in [-0.1, -0.05) is 42.8 Å². The summed E-state index contributed by atoms with van der Waals surface area (Å²) in [5.41, 5.74) is 4.84.